The summed E-state index contributed by atoms with van der Waals surface area (Å²) in [7, 11) is 0. The van der Waals surface area contributed by atoms with Crippen molar-refractivity contribution < 1.29 is 9.90 Å². The van der Waals surface area contributed by atoms with Gasteiger partial charge in [0.1, 0.15) is 0 Å². The Balaban J connectivity index is 0.000000149. The quantitative estimate of drug-likeness (QED) is 0.447. The first-order chi connectivity index (χ1) is 6.13. The number of allylic oxidation sites excluding steroid dienone is 2. The smallest absolute Gasteiger partial charge is 0.0636 e. The zero-order chi connectivity index (χ0) is 9.84. The van der Waals surface area contributed by atoms with E-state index in [0.29, 0.717) is 0 Å². The molecule has 2 aliphatic rings. The van der Waals surface area contributed by atoms with Crippen molar-refractivity contribution in [2.24, 2.45) is 17.8 Å². The highest BCUT2D eigenvalue weighted by atomic mass is 16.4. The molecule has 13 heavy (non-hydrogen) atoms. The third-order valence-electron chi connectivity index (χ3n) is 2.78. The van der Waals surface area contributed by atoms with Gasteiger partial charge in [-0.3, -0.25) is 0 Å². The van der Waals surface area contributed by atoms with E-state index in [2.05, 4.69) is 25.7 Å². The van der Waals surface area contributed by atoms with Crippen LogP contribution in [0.5, 0.6) is 0 Å². The number of hydrogen-bond donors (Lipinski definition) is 0. The minimum absolute atomic E-state index is 0.722. The summed E-state index contributed by atoms with van der Waals surface area (Å²) < 4.78 is 0. The summed E-state index contributed by atoms with van der Waals surface area (Å²) in [4.78, 5) is 9.14. The molecule has 3 atom stereocenters. The van der Waals surface area contributed by atoms with Crippen molar-refractivity contribution in [3.63, 3.8) is 0 Å². The lowest BCUT2D eigenvalue weighted by atomic mass is 9.96. The van der Waals surface area contributed by atoms with Gasteiger partial charge in [-0.05, 0) is 36.7 Å². The highest BCUT2D eigenvalue weighted by Gasteiger charge is 2.32. The first kappa shape index (κ1) is 10.0. The van der Waals surface area contributed by atoms with Gasteiger partial charge in [-0.15, -0.1) is 0 Å². The van der Waals surface area contributed by atoms with Gasteiger partial charge >= 0.3 is 0 Å². The summed E-state index contributed by atoms with van der Waals surface area (Å²) in [6, 6.07) is 0. The number of carbonyl (C=O) groups excluding carboxylic acids is 1. The maximum atomic E-state index is 9.14. The number of carboxylic acid groups (broad SMARTS) is 1. The van der Waals surface area contributed by atoms with E-state index in [0.717, 1.165) is 23.8 Å². The van der Waals surface area contributed by atoms with E-state index in [1.807, 2.05) is 0 Å². The van der Waals surface area contributed by atoms with Gasteiger partial charge in [0.25, 0.3) is 0 Å². The first-order valence-electron chi connectivity index (χ1n) is 4.65. The second-order valence-electron chi connectivity index (χ2n) is 3.78. The van der Waals surface area contributed by atoms with Gasteiger partial charge in [0.05, 0.1) is 5.97 Å². The molecule has 2 bridgehead atoms. The fourth-order valence-electron chi connectivity index (χ4n) is 2.06. The van der Waals surface area contributed by atoms with Crippen LogP contribution in [-0.2, 0) is 4.79 Å². The summed E-state index contributed by atoms with van der Waals surface area (Å²) in [6.45, 7) is 5.27. The topological polar surface area (TPSA) is 40.1 Å². The van der Waals surface area contributed by atoms with E-state index in [9.17, 15) is 0 Å². The molecule has 0 aliphatic heterocycles. The van der Waals surface area contributed by atoms with E-state index >= 15 is 0 Å². The molecule has 0 amide bonds. The van der Waals surface area contributed by atoms with Crippen LogP contribution >= 0.6 is 0 Å². The largest absolute Gasteiger partial charge is 0.545 e. The van der Waals surface area contributed by atoms with E-state index in [1.165, 1.54) is 12.8 Å². The summed E-state index contributed by atoms with van der Waals surface area (Å²) in [5.74, 6) is 1.69. The van der Waals surface area contributed by atoms with Crippen molar-refractivity contribution in [1.82, 2.24) is 0 Å². The lowest BCUT2D eigenvalue weighted by molar-refractivity contribution is -0.297. The molecule has 2 heteroatoms. The Morgan fingerprint density at radius 1 is 1.54 bits per heavy atom. The van der Waals surface area contributed by atoms with Gasteiger partial charge in [-0.2, -0.15) is 0 Å². The Labute approximate surface area is 79.0 Å². The Bertz CT molecular complexity index is 230. The standard InChI is InChI=1S/C8H12.C3H4O2/c1-6-4-7-2-3-8(6)5-7;1-2-3(4)5/h2-3,6-8H,4-5H2,1H3;2H,1H2,(H,4,5)/p-1. The second-order valence-corrected chi connectivity index (χ2v) is 3.78. The monoisotopic (exact) mass is 179 g/mol. The summed E-state index contributed by atoms with van der Waals surface area (Å²) in [6.07, 6.45) is 8.44. The molecular weight excluding hydrogens is 164 g/mol. The van der Waals surface area contributed by atoms with Crippen LogP contribution in [0.25, 0.3) is 0 Å². The average Bonchev–Trinajstić information content (AvgIpc) is 2.65. The normalized spacial score (nSPS) is 33.8. The first-order valence-corrected chi connectivity index (χ1v) is 4.65. The van der Waals surface area contributed by atoms with Crippen LogP contribution in [0.1, 0.15) is 19.8 Å². The van der Waals surface area contributed by atoms with Gasteiger partial charge in [0.2, 0.25) is 0 Å². The van der Waals surface area contributed by atoms with Crippen molar-refractivity contribution in [2.75, 3.05) is 0 Å². The molecule has 0 heterocycles. The summed E-state index contributed by atoms with van der Waals surface area (Å²) in [5.41, 5.74) is 0. The zero-order valence-corrected chi connectivity index (χ0v) is 7.90. The minimum Gasteiger partial charge on any atom is -0.545 e. The summed E-state index contributed by atoms with van der Waals surface area (Å²) in [5, 5.41) is 9.14. The number of aliphatic carboxylic acids is 1. The third-order valence-corrected chi connectivity index (χ3v) is 2.78. The molecule has 0 aromatic heterocycles. The number of fused-ring (bicyclic) bond motifs is 2. The lowest BCUT2D eigenvalue weighted by Gasteiger charge is -2.09. The van der Waals surface area contributed by atoms with E-state index in [-0.39, 0.29) is 0 Å². The van der Waals surface area contributed by atoms with Crippen LogP contribution < -0.4 is 5.11 Å². The third kappa shape index (κ3) is 2.72. The molecule has 3 unspecified atom stereocenters. The molecule has 2 rings (SSSR count). The second kappa shape index (κ2) is 4.26. The van der Waals surface area contributed by atoms with Crippen LogP contribution in [-0.4, -0.2) is 5.97 Å². The predicted octanol–water partition coefficient (Wildman–Crippen LogP) is 1.14. The minimum atomic E-state index is -1.23. The summed E-state index contributed by atoms with van der Waals surface area (Å²) >= 11 is 0. The van der Waals surface area contributed by atoms with E-state index in [4.69, 9.17) is 9.90 Å². The van der Waals surface area contributed by atoms with Crippen LogP contribution in [0.3, 0.4) is 0 Å². The van der Waals surface area contributed by atoms with E-state index in [1.54, 1.807) is 0 Å². The highest BCUT2D eigenvalue weighted by molar-refractivity contribution is 5.76. The number of carbonyl (C=O) groups is 1. The Morgan fingerprint density at radius 3 is 2.31 bits per heavy atom. The fraction of sp³-hybridized carbons (Fsp3) is 0.545. The van der Waals surface area contributed by atoms with Crippen molar-refractivity contribution >= 4 is 5.97 Å². The molecule has 72 valence electrons. The van der Waals surface area contributed by atoms with E-state index < -0.39 is 5.97 Å². The number of carboxylic acids is 1. The van der Waals surface area contributed by atoms with Crippen molar-refractivity contribution in [2.45, 2.75) is 19.8 Å². The molecule has 0 aromatic carbocycles. The van der Waals surface area contributed by atoms with Crippen LogP contribution in [0, 0.1) is 17.8 Å². The molecule has 1 fully saturated rings. The number of rotatable bonds is 1. The lowest BCUT2D eigenvalue weighted by Crippen LogP contribution is -2.17. The van der Waals surface area contributed by atoms with Gasteiger partial charge in [0, 0.05) is 0 Å². The Hall–Kier alpha value is -1.05. The van der Waals surface area contributed by atoms with Gasteiger partial charge in [0.15, 0.2) is 0 Å². The predicted molar refractivity (Wildman–Crippen MR) is 49.7 cm³/mol. The van der Waals surface area contributed by atoms with Crippen molar-refractivity contribution in [3.8, 4) is 0 Å². The molecule has 0 radical (unpaired) electrons. The van der Waals surface area contributed by atoms with Gasteiger partial charge in [-0.25, -0.2) is 0 Å². The molecular formula is C11H15O2-. The maximum absolute atomic E-state index is 9.14. The average molecular weight is 179 g/mol. The van der Waals surface area contributed by atoms with Crippen molar-refractivity contribution in [3.05, 3.63) is 24.8 Å². The van der Waals surface area contributed by atoms with Crippen LogP contribution in [0.2, 0.25) is 0 Å². The molecule has 2 aliphatic carbocycles. The molecule has 0 N–H and O–H groups in total. The molecule has 1 saturated carbocycles. The molecule has 0 aromatic rings. The van der Waals surface area contributed by atoms with Gasteiger partial charge in [-0.1, -0.05) is 25.7 Å². The Kier molecular flexibility index (Phi) is 3.29. The molecule has 2 nitrogen and oxygen atoms in total. The van der Waals surface area contributed by atoms with Gasteiger partial charge < -0.3 is 9.90 Å². The maximum Gasteiger partial charge on any atom is 0.0636 e. The Morgan fingerprint density at radius 2 is 2.15 bits per heavy atom. The zero-order valence-electron chi connectivity index (χ0n) is 7.90. The molecule has 0 spiro atoms. The van der Waals surface area contributed by atoms with Crippen molar-refractivity contribution in [1.29, 1.82) is 0 Å². The highest BCUT2D eigenvalue weighted by Crippen LogP contribution is 2.42. The number of hydrogen-bond acceptors (Lipinski definition) is 2. The van der Waals surface area contributed by atoms with Crippen LogP contribution in [0.15, 0.2) is 24.8 Å². The SMILES string of the molecule is C=CC(=O)[O-].CC1CC2C=CC1C2. The van der Waals surface area contributed by atoms with Crippen LogP contribution in [0.4, 0.5) is 0 Å². The molecule has 0 saturated heterocycles. The fourth-order valence-corrected chi connectivity index (χ4v) is 2.06.